The number of hydrogen-bond acceptors (Lipinski definition) is 24. The van der Waals surface area contributed by atoms with Crippen molar-refractivity contribution < 1.29 is 53.9 Å². The van der Waals surface area contributed by atoms with Gasteiger partial charge in [0.15, 0.2) is 0 Å². The highest BCUT2D eigenvalue weighted by Crippen LogP contribution is 2.43. The Bertz CT molecular complexity index is 5500. The Labute approximate surface area is 681 Å². The fourth-order valence-corrected chi connectivity index (χ4v) is 15.3. The SMILES string of the molecule is CC(C)(C)OC(=O)NCc1ccccc1-c1ccc(C(=O)N2N=C(c3cnccn3)CC2c2ccccc2O)s1.CC(C)(C)OC(=O)NCc1ccccc1-c1ccc(C(=O)O)s1.Cl.NCc1ccccc1-c1ccc(C(=O)N2N=C(c3cnccn3)CC2c2ccccc2O)s1.Oc1ccccc1C1CC(c2cnccn2)=NN1. The Kier molecular flexibility index (Phi) is 27.5. The summed E-state index contributed by atoms with van der Waals surface area (Å²) in [5.41, 5.74) is 19.6. The number of aromatic nitrogens is 6. The van der Waals surface area contributed by atoms with E-state index in [1.807, 2.05) is 142 Å². The van der Waals surface area contributed by atoms with Gasteiger partial charge in [-0.3, -0.25) is 39.5 Å². The molecule has 0 saturated carbocycles. The van der Waals surface area contributed by atoms with Gasteiger partial charge in [-0.2, -0.15) is 15.3 Å². The van der Waals surface area contributed by atoms with Gasteiger partial charge in [-0.1, -0.05) is 127 Å². The second kappa shape index (κ2) is 38.1. The highest BCUT2D eigenvalue weighted by atomic mass is 35.5. The van der Waals surface area contributed by atoms with E-state index in [1.165, 1.54) is 44.0 Å². The van der Waals surface area contributed by atoms with Crippen molar-refractivity contribution in [2.45, 2.75) is 110 Å². The Morgan fingerprint density at radius 1 is 0.461 bits per heavy atom. The molecule has 9 N–H and O–H groups in total. The molecule has 588 valence electrons. The van der Waals surface area contributed by atoms with E-state index in [4.69, 9.17) is 20.3 Å². The standard InChI is InChI=1S/C30H29N5O4S.C25H21N5O2S.C17H19NO4S.C13H12N4O.ClH/c1-30(2,3)39-29(38)33-17-19-8-4-5-9-20(19)26-12-13-27(40-26)28(37)35-24(21-10-6-7-11-25(21)36)16-22(34-35)23-18-31-14-15-32-23;26-14-16-5-1-2-6-17(16)23-9-10-24(33-23)25(32)30-21(18-7-3-4-8-22(18)31)13-19(29-30)20-15-27-11-12-28-20;1-17(2,3)22-16(21)18-10-11-6-4-5-7-12(11)13-8-9-14(23-13)15(19)20;18-13-4-2-1-3-9(13)10-7-11(17-16-10)12-8-14-5-6-15-12;/h4-15,18,24,36H,16-17H2,1-3H3,(H,33,38);1-12,15,21,31H,13-14,26H2;4-9H,10H2,1-3H3,(H,18,21)(H,19,20);1-6,8,10,16,18H,7H2;1H. The lowest BCUT2D eigenvalue weighted by Gasteiger charge is -2.22. The number of rotatable bonds is 17. The number of nitrogens with one attached hydrogen (secondary N) is 3. The topological polar surface area (TPSA) is 368 Å². The fraction of sp³-hybridized carbons (Fsp3) is 0.200. The molecule has 0 bridgehead atoms. The van der Waals surface area contributed by atoms with Crippen LogP contribution in [-0.2, 0) is 29.1 Å². The maximum atomic E-state index is 13.8. The van der Waals surface area contributed by atoms with Gasteiger partial charge in [0.1, 0.15) is 50.4 Å². The maximum absolute atomic E-state index is 13.8. The number of ether oxygens (including phenoxy) is 2. The lowest BCUT2D eigenvalue weighted by molar-refractivity contribution is 0.0512. The summed E-state index contributed by atoms with van der Waals surface area (Å²) in [4.78, 5) is 91.6. The number of carbonyl (C=O) groups excluding carboxylic acids is 4. The first-order valence-electron chi connectivity index (χ1n) is 36.1. The average Bonchev–Trinajstić information content (AvgIpc) is 1.64. The number of carboxylic acids is 1. The summed E-state index contributed by atoms with van der Waals surface area (Å²) in [6.07, 6.45) is 15.1. The van der Waals surface area contributed by atoms with Crippen LogP contribution in [0.2, 0.25) is 0 Å². The maximum Gasteiger partial charge on any atom is 0.407 e. The number of benzene rings is 6. The van der Waals surface area contributed by atoms with E-state index < -0.39 is 41.4 Å². The van der Waals surface area contributed by atoms with Crippen LogP contribution < -0.4 is 21.8 Å². The summed E-state index contributed by atoms with van der Waals surface area (Å²) in [5.74, 6) is -0.952. The summed E-state index contributed by atoms with van der Waals surface area (Å²) in [7, 11) is 0. The number of halogens is 1. The monoisotopic (exact) mass is 1620 g/mol. The van der Waals surface area contributed by atoms with E-state index in [0.29, 0.717) is 76.0 Å². The van der Waals surface area contributed by atoms with E-state index in [2.05, 4.69) is 61.3 Å². The molecular formula is C85H82ClN15O11S3. The molecular weight excluding hydrogens is 1540 g/mol. The molecule has 3 atom stereocenters. The molecule has 0 aliphatic carbocycles. The molecule has 0 fully saturated rings. The molecule has 115 heavy (non-hydrogen) atoms. The van der Waals surface area contributed by atoms with Crippen LogP contribution in [0.3, 0.4) is 0 Å². The van der Waals surface area contributed by atoms with Gasteiger partial charge in [-0.15, -0.1) is 46.4 Å². The number of hydrazone groups is 3. The van der Waals surface area contributed by atoms with Gasteiger partial charge in [0, 0.05) is 107 Å². The summed E-state index contributed by atoms with van der Waals surface area (Å²) in [5, 5.41) is 61.8. The number of phenolic OH excluding ortho intramolecular Hbond substituents is 3. The number of aromatic carboxylic acids is 1. The molecule has 0 saturated heterocycles. The molecule has 3 unspecified atom stereocenters. The zero-order chi connectivity index (χ0) is 80.5. The molecule has 9 heterocycles. The number of para-hydroxylation sites is 3. The Balaban J connectivity index is 0.000000157. The Morgan fingerprint density at radius 3 is 1.19 bits per heavy atom. The van der Waals surface area contributed by atoms with Crippen molar-refractivity contribution in [3.8, 4) is 48.6 Å². The number of hydrogen-bond donors (Lipinski definition) is 8. The van der Waals surface area contributed by atoms with Crippen LogP contribution in [0.15, 0.2) is 253 Å². The normalized spacial score (nSPS) is 14.7. The zero-order valence-corrected chi connectivity index (χ0v) is 66.5. The number of nitrogens with two attached hydrogens (primary N) is 1. The zero-order valence-electron chi connectivity index (χ0n) is 63.3. The first-order valence-corrected chi connectivity index (χ1v) is 38.6. The van der Waals surface area contributed by atoms with Crippen LogP contribution in [0.1, 0.15) is 158 Å². The number of amides is 4. The van der Waals surface area contributed by atoms with Crippen LogP contribution in [-0.4, -0.2) is 119 Å². The van der Waals surface area contributed by atoms with Crippen molar-refractivity contribution in [2.24, 2.45) is 21.0 Å². The highest BCUT2D eigenvalue weighted by molar-refractivity contribution is 7.18. The average molecular weight is 1620 g/mol. The molecule has 15 rings (SSSR count). The second-order valence-electron chi connectivity index (χ2n) is 27.9. The summed E-state index contributed by atoms with van der Waals surface area (Å²) in [6, 6.07) is 54.2. The van der Waals surface area contributed by atoms with E-state index in [-0.39, 0.29) is 58.9 Å². The van der Waals surface area contributed by atoms with Crippen molar-refractivity contribution in [2.75, 3.05) is 0 Å². The third-order valence-electron chi connectivity index (χ3n) is 17.6. The number of phenols is 3. The number of carboxylic acid groups (broad SMARTS) is 1. The molecule has 3 aliphatic rings. The van der Waals surface area contributed by atoms with Crippen molar-refractivity contribution in [3.05, 3.63) is 303 Å². The van der Waals surface area contributed by atoms with Crippen molar-refractivity contribution in [3.63, 3.8) is 0 Å². The summed E-state index contributed by atoms with van der Waals surface area (Å²) in [6.45, 7) is 11.9. The van der Waals surface area contributed by atoms with Crippen molar-refractivity contribution >= 4 is 93.5 Å². The summed E-state index contributed by atoms with van der Waals surface area (Å²) < 4.78 is 10.6. The van der Waals surface area contributed by atoms with Gasteiger partial charge >= 0.3 is 18.2 Å². The fourth-order valence-electron chi connectivity index (χ4n) is 12.4. The van der Waals surface area contributed by atoms with Crippen LogP contribution in [0.5, 0.6) is 17.2 Å². The number of aromatic hydroxyl groups is 3. The Morgan fingerprint density at radius 2 is 0.817 bits per heavy atom. The lowest BCUT2D eigenvalue weighted by atomic mass is 9.99. The van der Waals surface area contributed by atoms with Crippen LogP contribution >= 0.6 is 46.4 Å². The molecule has 0 radical (unpaired) electrons. The van der Waals surface area contributed by atoms with E-state index in [9.17, 15) is 39.3 Å². The smallest absolute Gasteiger partial charge is 0.407 e. The first-order chi connectivity index (χ1) is 54.9. The van der Waals surface area contributed by atoms with Gasteiger partial charge in [0.2, 0.25) is 0 Å². The minimum atomic E-state index is -0.939. The van der Waals surface area contributed by atoms with E-state index in [0.717, 1.165) is 65.0 Å². The first kappa shape index (κ1) is 83.0. The van der Waals surface area contributed by atoms with Crippen molar-refractivity contribution in [1.82, 2.24) is 56.0 Å². The van der Waals surface area contributed by atoms with Gasteiger partial charge in [-0.05, 0) is 130 Å². The lowest BCUT2D eigenvalue weighted by Crippen LogP contribution is -2.32. The number of carbonyl (C=O) groups is 5. The van der Waals surface area contributed by atoms with Gasteiger partial charge in [0.25, 0.3) is 11.8 Å². The predicted molar refractivity (Wildman–Crippen MR) is 445 cm³/mol. The Hall–Kier alpha value is -12.9. The molecule has 3 aliphatic heterocycles. The van der Waals surface area contributed by atoms with Gasteiger partial charge < -0.3 is 51.7 Å². The minimum absolute atomic E-state index is 0. The van der Waals surface area contributed by atoms with Gasteiger partial charge in [0.05, 0.1) is 63.6 Å². The van der Waals surface area contributed by atoms with Crippen LogP contribution in [0, 0.1) is 0 Å². The minimum Gasteiger partial charge on any atom is -0.508 e. The summed E-state index contributed by atoms with van der Waals surface area (Å²) >= 11 is 3.95. The molecule has 6 aromatic heterocycles. The predicted octanol–water partition coefficient (Wildman–Crippen LogP) is 16.5. The van der Waals surface area contributed by atoms with E-state index in [1.54, 1.807) is 137 Å². The number of nitrogens with zero attached hydrogens (tertiary/aromatic N) is 11. The highest BCUT2D eigenvalue weighted by Gasteiger charge is 2.38. The quantitative estimate of drug-likeness (QED) is 0.0420. The number of alkyl carbamates (subject to hydrolysis) is 2. The molecule has 0 spiro atoms. The third-order valence-corrected chi connectivity index (χ3v) is 21.0. The van der Waals surface area contributed by atoms with E-state index >= 15 is 0 Å². The second-order valence-corrected chi connectivity index (χ2v) is 31.2. The largest absolute Gasteiger partial charge is 0.508 e. The van der Waals surface area contributed by atoms with Crippen LogP contribution in [0.4, 0.5) is 9.59 Å². The van der Waals surface area contributed by atoms with Crippen LogP contribution in [0.25, 0.3) is 31.3 Å². The molecule has 30 heteroatoms. The van der Waals surface area contributed by atoms with Crippen molar-refractivity contribution in [1.29, 1.82) is 0 Å². The molecule has 12 aromatic rings. The molecule has 6 aromatic carbocycles. The van der Waals surface area contributed by atoms with Gasteiger partial charge in [-0.25, -0.2) is 24.4 Å². The number of thiophene rings is 3. The molecule has 26 nitrogen and oxygen atoms in total. The third kappa shape index (κ3) is 21.4. The molecule has 4 amide bonds.